The number of hydrogen-bond donors (Lipinski definition) is 3. The first-order valence-corrected chi connectivity index (χ1v) is 6.03. The molecule has 0 fully saturated rings. The van der Waals surface area contributed by atoms with E-state index in [1.807, 2.05) is 25.1 Å². The lowest BCUT2D eigenvalue weighted by molar-refractivity contribution is -0.122. The lowest BCUT2D eigenvalue weighted by atomic mass is 10.3. The summed E-state index contributed by atoms with van der Waals surface area (Å²) in [5, 5.41) is 7.95. The van der Waals surface area contributed by atoms with Gasteiger partial charge < -0.3 is 16.0 Å². The van der Waals surface area contributed by atoms with Crippen LogP contribution in [0.3, 0.4) is 0 Å². The Hall–Kier alpha value is -2.04. The highest BCUT2D eigenvalue weighted by Crippen LogP contribution is 2.04. The van der Waals surface area contributed by atoms with Crippen molar-refractivity contribution in [1.29, 1.82) is 0 Å². The van der Waals surface area contributed by atoms with E-state index in [1.54, 1.807) is 19.1 Å². The van der Waals surface area contributed by atoms with Gasteiger partial charge in [0.2, 0.25) is 5.91 Å². The number of nitrogens with one attached hydrogen (secondary N) is 3. The summed E-state index contributed by atoms with van der Waals surface area (Å²) in [5.74, 6) is -0.180. The molecule has 1 rings (SSSR count). The molecule has 1 unspecified atom stereocenters. The Labute approximate surface area is 107 Å². The predicted molar refractivity (Wildman–Crippen MR) is 71.4 cm³/mol. The highest BCUT2D eigenvalue weighted by Gasteiger charge is 2.14. The van der Waals surface area contributed by atoms with E-state index < -0.39 is 6.04 Å². The second-order valence-corrected chi connectivity index (χ2v) is 3.98. The molecule has 18 heavy (non-hydrogen) atoms. The SMILES string of the molecule is CCCNC(=O)C(C)NC(=O)Nc1ccccc1. The van der Waals surface area contributed by atoms with Crippen molar-refractivity contribution in [1.82, 2.24) is 10.6 Å². The molecule has 98 valence electrons. The minimum atomic E-state index is -0.555. The standard InChI is InChI=1S/C13H19N3O2/c1-3-9-14-12(17)10(2)15-13(18)16-11-7-5-4-6-8-11/h4-8,10H,3,9H2,1-2H3,(H,14,17)(H2,15,16,18). The van der Waals surface area contributed by atoms with Crippen molar-refractivity contribution in [3.63, 3.8) is 0 Å². The van der Waals surface area contributed by atoms with Crippen LogP contribution in [0.2, 0.25) is 0 Å². The van der Waals surface area contributed by atoms with Gasteiger partial charge in [0.25, 0.3) is 0 Å². The number of urea groups is 1. The van der Waals surface area contributed by atoms with Crippen LogP contribution in [-0.4, -0.2) is 24.5 Å². The van der Waals surface area contributed by atoms with Crippen LogP contribution in [0, 0.1) is 0 Å². The number of benzene rings is 1. The van der Waals surface area contributed by atoms with Crippen LogP contribution in [0.4, 0.5) is 10.5 Å². The van der Waals surface area contributed by atoms with Crippen molar-refractivity contribution >= 4 is 17.6 Å². The number of hydrogen-bond acceptors (Lipinski definition) is 2. The first-order chi connectivity index (χ1) is 8.63. The van der Waals surface area contributed by atoms with Crippen LogP contribution in [0.5, 0.6) is 0 Å². The summed E-state index contributed by atoms with van der Waals surface area (Å²) in [5.41, 5.74) is 0.691. The van der Waals surface area contributed by atoms with E-state index in [0.29, 0.717) is 12.2 Å². The smallest absolute Gasteiger partial charge is 0.319 e. The minimum absolute atomic E-state index is 0.180. The molecule has 0 aromatic heterocycles. The maximum Gasteiger partial charge on any atom is 0.319 e. The van der Waals surface area contributed by atoms with Gasteiger partial charge in [0.1, 0.15) is 6.04 Å². The van der Waals surface area contributed by atoms with Crippen LogP contribution < -0.4 is 16.0 Å². The van der Waals surface area contributed by atoms with E-state index in [4.69, 9.17) is 0 Å². The Balaban J connectivity index is 2.38. The molecule has 5 nitrogen and oxygen atoms in total. The molecule has 3 N–H and O–H groups in total. The fraction of sp³-hybridized carbons (Fsp3) is 0.385. The van der Waals surface area contributed by atoms with Gasteiger partial charge in [0.05, 0.1) is 0 Å². The zero-order valence-electron chi connectivity index (χ0n) is 10.7. The van der Waals surface area contributed by atoms with Crippen molar-refractivity contribution in [2.45, 2.75) is 26.3 Å². The van der Waals surface area contributed by atoms with Crippen molar-refractivity contribution in [2.24, 2.45) is 0 Å². The van der Waals surface area contributed by atoms with Crippen molar-refractivity contribution in [3.05, 3.63) is 30.3 Å². The lowest BCUT2D eigenvalue weighted by Gasteiger charge is -2.14. The molecule has 0 spiro atoms. The van der Waals surface area contributed by atoms with Gasteiger partial charge in [-0.15, -0.1) is 0 Å². The summed E-state index contributed by atoms with van der Waals surface area (Å²) < 4.78 is 0. The maximum absolute atomic E-state index is 11.6. The first kappa shape index (κ1) is 14.0. The van der Waals surface area contributed by atoms with Gasteiger partial charge in [0.15, 0.2) is 0 Å². The number of para-hydroxylation sites is 1. The molecular weight excluding hydrogens is 230 g/mol. The molecule has 0 aliphatic carbocycles. The van der Waals surface area contributed by atoms with Crippen molar-refractivity contribution in [2.75, 3.05) is 11.9 Å². The molecule has 0 saturated heterocycles. The average Bonchev–Trinajstić information content (AvgIpc) is 2.36. The summed E-state index contributed by atoms with van der Waals surface area (Å²) in [4.78, 5) is 23.1. The van der Waals surface area contributed by atoms with Gasteiger partial charge in [0, 0.05) is 12.2 Å². The predicted octanol–water partition coefficient (Wildman–Crippen LogP) is 1.72. The Kier molecular flexibility index (Phi) is 5.70. The van der Waals surface area contributed by atoms with E-state index in [-0.39, 0.29) is 11.9 Å². The van der Waals surface area contributed by atoms with E-state index in [9.17, 15) is 9.59 Å². The van der Waals surface area contributed by atoms with Gasteiger partial charge in [-0.05, 0) is 25.5 Å². The summed E-state index contributed by atoms with van der Waals surface area (Å²) in [6, 6.07) is 8.13. The fourth-order valence-electron chi connectivity index (χ4n) is 1.35. The minimum Gasteiger partial charge on any atom is -0.354 e. The summed E-state index contributed by atoms with van der Waals surface area (Å²) in [6.45, 7) is 4.24. The zero-order valence-corrected chi connectivity index (χ0v) is 10.7. The summed E-state index contributed by atoms with van der Waals surface area (Å²) >= 11 is 0. The van der Waals surface area contributed by atoms with E-state index in [2.05, 4.69) is 16.0 Å². The molecule has 3 amide bonds. The lowest BCUT2D eigenvalue weighted by Crippen LogP contribution is -2.46. The Morgan fingerprint density at radius 1 is 1.22 bits per heavy atom. The first-order valence-electron chi connectivity index (χ1n) is 6.03. The molecule has 0 radical (unpaired) electrons. The number of carbonyl (C=O) groups excluding carboxylic acids is 2. The molecule has 1 aromatic rings. The molecule has 5 heteroatoms. The average molecular weight is 249 g/mol. The van der Waals surface area contributed by atoms with Crippen LogP contribution >= 0.6 is 0 Å². The van der Waals surface area contributed by atoms with Crippen LogP contribution in [-0.2, 0) is 4.79 Å². The number of carbonyl (C=O) groups is 2. The number of amides is 3. The molecule has 0 saturated carbocycles. The number of rotatable bonds is 5. The highest BCUT2D eigenvalue weighted by atomic mass is 16.2. The Morgan fingerprint density at radius 2 is 1.89 bits per heavy atom. The second-order valence-electron chi connectivity index (χ2n) is 3.98. The van der Waals surface area contributed by atoms with Crippen LogP contribution in [0.25, 0.3) is 0 Å². The van der Waals surface area contributed by atoms with E-state index >= 15 is 0 Å². The molecule has 0 heterocycles. The molecule has 1 atom stereocenters. The summed E-state index contributed by atoms with van der Waals surface area (Å²) in [7, 11) is 0. The third kappa shape index (κ3) is 4.86. The zero-order chi connectivity index (χ0) is 13.4. The summed E-state index contributed by atoms with van der Waals surface area (Å²) in [6.07, 6.45) is 0.870. The molecule has 1 aromatic carbocycles. The Bertz CT molecular complexity index is 392. The molecule has 0 aliphatic rings. The largest absolute Gasteiger partial charge is 0.354 e. The van der Waals surface area contributed by atoms with Gasteiger partial charge in [-0.25, -0.2) is 4.79 Å². The topological polar surface area (TPSA) is 70.2 Å². The van der Waals surface area contributed by atoms with Gasteiger partial charge >= 0.3 is 6.03 Å². The highest BCUT2D eigenvalue weighted by molar-refractivity contribution is 5.93. The quantitative estimate of drug-likeness (QED) is 0.743. The Morgan fingerprint density at radius 3 is 2.50 bits per heavy atom. The third-order valence-corrected chi connectivity index (χ3v) is 2.32. The van der Waals surface area contributed by atoms with Gasteiger partial charge in [-0.3, -0.25) is 4.79 Å². The normalized spacial score (nSPS) is 11.4. The second kappa shape index (κ2) is 7.32. The molecular formula is C13H19N3O2. The maximum atomic E-state index is 11.6. The van der Waals surface area contributed by atoms with Crippen LogP contribution in [0.1, 0.15) is 20.3 Å². The van der Waals surface area contributed by atoms with E-state index in [0.717, 1.165) is 6.42 Å². The third-order valence-electron chi connectivity index (χ3n) is 2.32. The van der Waals surface area contributed by atoms with Crippen molar-refractivity contribution < 1.29 is 9.59 Å². The fourth-order valence-corrected chi connectivity index (χ4v) is 1.35. The van der Waals surface area contributed by atoms with Crippen molar-refractivity contribution in [3.8, 4) is 0 Å². The van der Waals surface area contributed by atoms with Gasteiger partial charge in [-0.2, -0.15) is 0 Å². The number of anilines is 1. The molecule has 0 aliphatic heterocycles. The van der Waals surface area contributed by atoms with Crippen LogP contribution in [0.15, 0.2) is 30.3 Å². The monoisotopic (exact) mass is 249 g/mol. The van der Waals surface area contributed by atoms with E-state index in [1.165, 1.54) is 0 Å². The molecule has 0 bridgehead atoms. The van der Waals surface area contributed by atoms with Gasteiger partial charge in [-0.1, -0.05) is 25.1 Å².